The van der Waals surface area contributed by atoms with Crippen LogP contribution in [0, 0.1) is 11.8 Å². The van der Waals surface area contributed by atoms with E-state index in [2.05, 4.69) is 11.8 Å². The summed E-state index contributed by atoms with van der Waals surface area (Å²) >= 11 is 0. The molecule has 94 valence electrons. The Kier molecular flexibility index (Phi) is 3.84. The highest BCUT2D eigenvalue weighted by Crippen LogP contribution is 2.27. The molecule has 0 amide bonds. The third-order valence-electron chi connectivity index (χ3n) is 3.41. The Hall–Kier alpha value is -1.59. The van der Waals surface area contributed by atoms with Gasteiger partial charge in [-0.15, -0.1) is 0 Å². The lowest BCUT2D eigenvalue weighted by atomic mass is 9.85. The molecule has 0 atom stereocenters. The number of carbonyl (C=O) groups is 1. The number of hydrogen-bond donors (Lipinski definition) is 1. The highest BCUT2D eigenvalue weighted by atomic mass is 16.3. The largest absolute Gasteiger partial charge is 0.378 e. The van der Waals surface area contributed by atoms with E-state index in [1.807, 2.05) is 12.1 Å². The molecule has 2 nitrogen and oxygen atoms in total. The van der Waals surface area contributed by atoms with Crippen molar-refractivity contribution in [3.63, 3.8) is 0 Å². The van der Waals surface area contributed by atoms with Crippen molar-refractivity contribution in [2.45, 2.75) is 44.6 Å². The van der Waals surface area contributed by atoms with Crippen LogP contribution in [-0.2, 0) is 0 Å². The summed E-state index contributed by atoms with van der Waals surface area (Å²) < 4.78 is 0. The molecule has 0 aliphatic heterocycles. The minimum Gasteiger partial charge on any atom is -0.378 e. The first-order valence-corrected chi connectivity index (χ1v) is 6.46. The van der Waals surface area contributed by atoms with Crippen LogP contribution in [0.4, 0.5) is 0 Å². The second-order valence-corrected chi connectivity index (χ2v) is 4.98. The van der Waals surface area contributed by atoms with Gasteiger partial charge in [-0.3, -0.25) is 4.79 Å². The van der Waals surface area contributed by atoms with Crippen LogP contribution in [0.25, 0.3) is 0 Å². The number of Topliss-reactive ketones (excluding diaryl/α,β-unsaturated/α-hetero) is 1. The third-order valence-corrected chi connectivity index (χ3v) is 3.41. The van der Waals surface area contributed by atoms with Crippen LogP contribution in [0.1, 0.15) is 54.9 Å². The molecule has 0 radical (unpaired) electrons. The van der Waals surface area contributed by atoms with E-state index in [4.69, 9.17) is 0 Å². The van der Waals surface area contributed by atoms with E-state index >= 15 is 0 Å². The van der Waals surface area contributed by atoms with Crippen molar-refractivity contribution >= 4 is 5.78 Å². The summed E-state index contributed by atoms with van der Waals surface area (Å²) in [6, 6.07) is 7.21. The van der Waals surface area contributed by atoms with Crippen LogP contribution in [0.2, 0.25) is 0 Å². The van der Waals surface area contributed by atoms with Gasteiger partial charge in [0.2, 0.25) is 0 Å². The maximum atomic E-state index is 11.1. The molecular formula is C16H18O2. The fourth-order valence-corrected chi connectivity index (χ4v) is 2.24. The van der Waals surface area contributed by atoms with E-state index in [9.17, 15) is 9.90 Å². The number of hydrogen-bond acceptors (Lipinski definition) is 2. The first-order valence-electron chi connectivity index (χ1n) is 6.46. The fourth-order valence-electron chi connectivity index (χ4n) is 2.24. The van der Waals surface area contributed by atoms with Gasteiger partial charge in [0.15, 0.2) is 5.78 Å². The summed E-state index contributed by atoms with van der Waals surface area (Å²) in [5, 5.41) is 10.2. The number of aliphatic hydroxyl groups is 1. The summed E-state index contributed by atoms with van der Waals surface area (Å²) in [6.07, 6.45) is 4.83. The summed E-state index contributed by atoms with van der Waals surface area (Å²) in [4.78, 5) is 11.1. The summed E-state index contributed by atoms with van der Waals surface area (Å²) in [5.74, 6) is 6.05. The van der Waals surface area contributed by atoms with Crippen LogP contribution in [0.15, 0.2) is 24.3 Å². The Morgan fingerprint density at radius 1 is 1.17 bits per heavy atom. The molecular weight excluding hydrogens is 224 g/mol. The van der Waals surface area contributed by atoms with Gasteiger partial charge in [-0.2, -0.15) is 0 Å². The Morgan fingerprint density at radius 2 is 1.78 bits per heavy atom. The molecule has 1 aromatic rings. The van der Waals surface area contributed by atoms with Gasteiger partial charge in [0, 0.05) is 11.1 Å². The molecule has 0 spiro atoms. The van der Waals surface area contributed by atoms with Crippen molar-refractivity contribution < 1.29 is 9.90 Å². The van der Waals surface area contributed by atoms with E-state index < -0.39 is 5.60 Å². The molecule has 0 heterocycles. The van der Waals surface area contributed by atoms with E-state index in [-0.39, 0.29) is 5.78 Å². The predicted molar refractivity (Wildman–Crippen MR) is 71.4 cm³/mol. The minimum atomic E-state index is -0.808. The lowest BCUT2D eigenvalue weighted by Crippen LogP contribution is -2.29. The zero-order chi connectivity index (χ0) is 13.0. The topological polar surface area (TPSA) is 37.3 Å². The number of carbonyl (C=O) groups excluding carboxylic acids is 1. The molecule has 0 unspecified atom stereocenters. The quantitative estimate of drug-likeness (QED) is 0.607. The molecule has 1 aliphatic carbocycles. The highest BCUT2D eigenvalue weighted by Gasteiger charge is 2.26. The minimum absolute atomic E-state index is 0.0559. The molecule has 1 N–H and O–H groups in total. The van der Waals surface area contributed by atoms with Crippen molar-refractivity contribution in [2.75, 3.05) is 0 Å². The highest BCUT2D eigenvalue weighted by molar-refractivity contribution is 5.94. The van der Waals surface area contributed by atoms with Crippen molar-refractivity contribution in [1.29, 1.82) is 0 Å². The van der Waals surface area contributed by atoms with Crippen LogP contribution in [0.3, 0.4) is 0 Å². The molecule has 0 aromatic heterocycles. The van der Waals surface area contributed by atoms with E-state index in [1.165, 1.54) is 6.42 Å². The lowest BCUT2D eigenvalue weighted by Gasteiger charge is -2.26. The van der Waals surface area contributed by atoms with Crippen LogP contribution in [-0.4, -0.2) is 16.5 Å². The number of benzene rings is 1. The molecule has 2 rings (SSSR count). The molecule has 18 heavy (non-hydrogen) atoms. The predicted octanol–water partition coefficient (Wildman–Crippen LogP) is 2.94. The monoisotopic (exact) mass is 242 g/mol. The number of ketones is 1. The Balaban J connectivity index is 2.11. The lowest BCUT2D eigenvalue weighted by molar-refractivity contribution is 0.0610. The van der Waals surface area contributed by atoms with E-state index in [0.29, 0.717) is 5.56 Å². The summed E-state index contributed by atoms with van der Waals surface area (Å²) in [6.45, 7) is 1.55. The molecule has 1 saturated carbocycles. The molecule has 0 bridgehead atoms. The first kappa shape index (κ1) is 12.9. The van der Waals surface area contributed by atoms with Crippen molar-refractivity contribution in [3.8, 4) is 11.8 Å². The molecule has 0 saturated heterocycles. The van der Waals surface area contributed by atoms with Crippen LogP contribution in [0.5, 0.6) is 0 Å². The van der Waals surface area contributed by atoms with Gasteiger partial charge >= 0.3 is 0 Å². The van der Waals surface area contributed by atoms with E-state index in [1.54, 1.807) is 19.1 Å². The van der Waals surface area contributed by atoms with Gasteiger partial charge in [0.25, 0.3) is 0 Å². The summed E-state index contributed by atoms with van der Waals surface area (Å²) in [5.41, 5.74) is 0.730. The molecule has 1 aromatic carbocycles. The van der Waals surface area contributed by atoms with Gasteiger partial charge in [-0.1, -0.05) is 30.4 Å². The second kappa shape index (κ2) is 5.37. The maximum Gasteiger partial charge on any atom is 0.159 e. The average Bonchev–Trinajstić information content (AvgIpc) is 2.38. The van der Waals surface area contributed by atoms with Crippen LogP contribution >= 0.6 is 0 Å². The maximum absolute atomic E-state index is 11.1. The zero-order valence-electron chi connectivity index (χ0n) is 10.7. The SMILES string of the molecule is CC(=O)c1ccc(C#CC2(O)CCCCC2)cc1. The van der Waals surface area contributed by atoms with Crippen molar-refractivity contribution in [2.24, 2.45) is 0 Å². The van der Waals surface area contributed by atoms with Crippen molar-refractivity contribution in [3.05, 3.63) is 35.4 Å². The second-order valence-electron chi connectivity index (χ2n) is 4.98. The van der Waals surface area contributed by atoms with Crippen molar-refractivity contribution in [1.82, 2.24) is 0 Å². The molecule has 1 fully saturated rings. The van der Waals surface area contributed by atoms with Gasteiger partial charge in [-0.25, -0.2) is 0 Å². The average molecular weight is 242 g/mol. The first-order chi connectivity index (χ1) is 8.59. The Labute approximate surface area is 108 Å². The van der Waals surface area contributed by atoms with E-state index in [0.717, 1.165) is 31.2 Å². The Morgan fingerprint density at radius 3 is 2.33 bits per heavy atom. The third kappa shape index (κ3) is 3.21. The normalized spacial score (nSPS) is 17.7. The smallest absolute Gasteiger partial charge is 0.159 e. The fraction of sp³-hybridized carbons (Fsp3) is 0.438. The van der Waals surface area contributed by atoms with Crippen LogP contribution < -0.4 is 0 Å². The van der Waals surface area contributed by atoms with Gasteiger partial charge in [-0.05, 0) is 44.7 Å². The summed E-state index contributed by atoms with van der Waals surface area (Å²) in [7, 11) is 0. The Bertz CT molecular complexity index is 482. The van der Waals surface area contributed by atoms with Gasteiger partial charge < -0.3 is 5.11 Å². The van der Waals surface area contributed by atoms with Gasteiger partial charge in [0.1, 0.15) is 5.60 Å². The zero-order valence-corrected chi connectivity index (χ0v) is 10.7. The molecule has 2 heteroatoms. The number of rotatable bonds is 1. The molecule has 1 aliphatic rings. The standard InChI is InChI=1S/C16H18O2/c1-13(17)15-7-5-14(6-8-15)9-12-16(18)10-3-2-4-11-16/h5-8,18H,2-4,10-11H2,1H3. The van der Waals surface area contributed by atoms with Gasteiger partial charge in [0.05, 0.1) is 0 Å².